The molecule has 1 rings (SSSR count). The molecule has 1 aromatic carbocycles. The van der Waals surface area contributed by atoms with Gasteiger partial charge in [0.1, 0.15) is 0 Å². The molecule has 1 N–H and O–H groups in total. The van der Waals surface area contributed by atoms with Crippen LogP contribution in [0.5, 0.6) is 0 Å². The fourth-order valence-corrected chi connectivity index (χ4v) is 2.67. The minimum absolute atomic E-state index is 0.174. The topological polar surface area (TPSA) is 15.3 Å². The van der Waals surface area contributed by atoms with E-state index in [0.29, 0.717) is 6.04 Å². The summed E-state index contributed by atoms with van der Waals surface area (Å²) in [4.78, 5) is 2.34. The summed E-state index contributed by atoms with van der Waals surface area (Å²) < 4.78 is 0. The van der Waals surface area contributed by atoms with Crippen LogP contribution >= 0.6 is 0 Å². The molecule has 0 aliphatic heterocycles. The van der Waals surface area contributed by atoms with Crippen LogP contribution in [0.1, 0.15) is 37.0 Å². The Balaban J connectivity index is 2.95. The largest absolute Gasteiger partial charge is 0.315 e. The lowest BCUT2D eigenvalue weighted by Gasteiger charge is -2.43. The van der Waals surface area contributed by atoms with E-state index in [0.717, 1.165) is 12.8 Å². The van der Waals surface area contributed by atoms with Gasteiger partial charge in [-0.15, -0.1) is 0 Å². The van der Waals surface area contributed by atoms with E-state index in [4.69, 9.17) is 0 Å². The molecule has 0 aliphatic rings. The molecule has 0 aromatic heterocycles. The first-order valence-corrected chi connectivity index (χ1v) is 7.26. The van der Waals surface area contributed by atoms with Crippen LogP contribution < -0.4 is 5.32 Å². The lowest BCUT2D eigenvalue weighted by atomic mass is 9.84. The zero-order chi connectivity index (χ0) is 14.6. The number of nitrogens with one attached hydrogen (secondary N) is 1. The SMILES string of the molecule is CCC(C)(C(Cc1ccc(C)c(C)c1)NC)N(C)C. The average molecular weight is 262 g/mol. The van der Waals surface area contributed by atoms with Crippen molar-refractivity contribution in [3.63, 3.8) is 0 Å². The average Bonchev–Trinajstić information content (AvgIpc) is 2.38. The van der Waals surface area contributed by atoms with Crippen molar-refractivity contribution in [3.8, 4) is 0 Å². The zero-order valence-corrected chi connectivity index (χ0v) is 13.7. The lowest BCUT2D eigenvalue weighted by Crippen LogP contribution is -2.56. The molecule has 0 saturated carbocycles. The molecular weight excluding hydrogens is 232 g/mol. The smallest absolute Gasteiger partial charge is 0.0328 e. The predicted molar refractivity (Wildman–Crippen MR) is 84.9 cm³/mol. The fourth-order valence-electron chi connectivity index (χ4n) is 2.67. The molecule has 2 nitrogen and oxygen atoms in total. The van der Waals surface area contributed by atoms with E-state index < -0.39 is 0 Å². The Morgan fingerprint density at radius 3 is 2.26 bits per heavy atom. The Morgan fingerprint density at radius 2 is 1.84 bits per heavy atom. The number of aryl methyl sites for hydroxylation is 2. The molecule has 0 radical (unpaired) electrons. The third-order valence-corrected chi connectivity index (χ3v) is 4.85. The number of hydrogen-bond acceptors (Lipinski definition) is 2. The van der Waals surface area contributed by atoms with Crippen molar-refractivity contribution in [3.05, 3.63) is 34.9 Å². The van der Waals surface area contributed by atoms with Gasteiger partial charge in [0.15, 0.2) is 0 Å². The van der Waals surface area contributed by atoms with Crippen LogP contribution in [-0.4, -0.2) is 37.6 Å². The highest BCUT2D eigenvalue weighted by molar-refractivity contribution is 5.30. The molecule has 108 valence electrons. The van der Waals surface area contributed by atoms with Gasteiger partial charge in [-0.3, -0.25) is 0 Å². The summed E-state index contributed by atoms with van der Waals surface area (Å²) in [6.45, 7) is 8.97. The maximum absolute atomic E-state index is 3.52. The zero-order valence-electron chi connectivity index (χ0n) is 13.7. The van der Waals surface area contributed by atoms with E-state index in [2.05, 4.69) is 77.3 Å². The molecule has 2 heteroatoms. The third kappa shape index (κ3) is 3.58. The number of likely N-dealkylation sites (N-methyl/N-ethyl adjacent to an activating group) is 2. The van der Waals surface area contributed by atoms with Gasteiger partial charge in [0.05, 0.1) is 0 Å². The Bertz CT molecular complexity index is 412. The Hall–Kier alpha value is -0.860. The van der Waals surface area contributed by atoms with Crippen molar-refractivity contribution >= 4 is 0 Å². The number of hydrogen-bond donors (Lipinski definition) is 1. The van der Waals surface area contributed by atoms with Crippen molar-refractivity contribution < 1.29 is 0 Å². The normalized spacial score (nSPS) is 16.4. The highest BCUT2D eigenvalue weighted by atomic mass is 15.2. The van der Waals surface area contributed by atoms with Gasteiger partial charge in [-0.2, -0.15) is 0 Å². The van der Waals surface area contributed by atoms with Crippen LogP contribution in [0.25, 0.3) is 0 Å². The molecule has 19 heavy (non-hydrogen) atoms. The van der Waals surface area contributed by atoms with E-state index in [9.17, 15) is 0 Å². The Kier molecular flexibility index (Phi) is 5.57. The summed E-state index contributed by atoms with van der Waals surface area (Å²) in [7, 11) is 6.42. The van der Waals surface area contributed by atoms with E-state index in [1.54, 1.807) is 0 Å². The molecule has 0 fully saturated rings. The molecule has 1 aromatic rings. The van der Waals surface area contributed by atoms with Crippen LogP contribution in [0, 0.1) is 13.8 Å². The monoisotopic (exact) mass is 262 g/mol. The number of nitrogens with zero attached hydrogens (tertiary/aromatic N) is 1. The molecule has 0 saturated heterocycles. The summed E-state index contributed by atoms with van der Waals surface area (Å²) in [6, 6.07) is 7.27. The summed E-state index contributed by atoms with van der Waals surface area (Å²) in [5.74, 6) is 0. The Labute approximate surface area is 119 Å². The molecule has 0 heterocycles. The first kappa shape index (κ1) is 16.2. The summed E-state index contributed by atoms with van der Waals surface area (Å²) in [5.41, 5.74) is 4.35. The number of rotatable bonds is 6. The van der Waals surface area contributed by atoms with E-state index in [-0.39, 0.29) is 5.54 Å². The molecule has 2 atom stereocenters. The van der Waals surface area contributed by atoms with Crippen molar-refractivity contribution in [1.29, 1.82) is 0 Å². The van der Waals surface area contributed by atoms with Crippen molar-refractivity contribution in [1.82, 2.24) is 10.2 Å². The second-order valence-electron chi connectivity index (χ2n) is 6.07. The second kappa shape index (κ2) is 6.53. The first-order valence-electron chi connectivity index (χ1n) is 7.26. The fraction of sp³-hybridized carbons (Fsp3) is 0.647. The highest BCUT2D eigenvalue weighted by Gasteiger charge is 2.33. The minimum Gasteiger partial charge on any atom is -0.315 e. The van der Waals surface area contributed by atoms with Crippen molar-refractivity contribution in [2.24, 2.45) is 0 Å². The van der Waals surface area contributed by atoms with Gasteiger partial charge in [0.25, 0.3) is 0 Å². The lowest BCUT2D eigenvalue weighted by molar-refractivity contribution is 0.116. The van der Waals surface area contributed by atoms with Gasteiger partial charge in [-0.05, 0) is 71.4 Å². The van der Waals surface area contributed by atoms with Gasteiger partial charge in [-0.1, -0.05) is 25.1 Å². The van der Waals surface area contributed by atoms with Crippen LogP contribution in [0.3, 0.4) is 0 Å². The summed E-state index contributed by atoms with van der Waals surface area (Å²) >= 11 is 0. The number of benzene rings is 1. The van der Waals surface area contributed by atoms with Gasteiger partial charge >= 0.3 is 0 Å². The van der Waals surface area contributed by atoms with Crippen molar-refractivity contribution in [2.75, 3.05) is 21.1 Å². The van der Waals surface area contributed by atoms with Crippen LogP contribution in [0.4, 0.5) is 0 Å². The van der Waals surface area contributed by atoms with Gasteiger partial charge in [-0.25, -0.2) is 0 Å². The minimum atomic E-state index is 0.174. The van der Waals surface area contributed by atoms with Crippen LogP contribution in [0.15, 0.2) is 18.2 Å². The maximum atomic E-state index is 3.52. The summed E-state index contributed by atoms with van der Waals surface area (Å²) in [6.07, 6.45) is 2.20. The van der Waals surface area contributed by atoms with Crippen LogP contribution in [-0.2, 0) is 6.42 Å². The van der Waals surface area contributed by atoms with Gasteiger partial charge < -0.3 is 10.2 Å². The van der Waals surface area contributed by atoms with E-state index in [1.807, 2.05) is 0 Å². The molecule has 0 spiro atoms. The Morgan fingerprint density at radius 1 is 1.21 bits per heavy atom. The maximum Gasteiger partial charge on any atom is 0.0328 e. The van der Waals surface area contributed by atoms with Gasteiger partial charge in [0.2, 0.25) is 0 Å². The molecular formula is C17H30N2. The van der Waals surface area contributed by atoms with E-state index in [1.165, 1.54) is 16.7 Å². The third-order valence-electron chi connectivity index (χ3n) is 4.85. The molecule has 0 amide bonds. The van der Waals surface area contributed by atoms with Crippen molar-refractivity contribution in [2.45, 2.75) is 52.1 Å². The standard InChI is InChI=1S/C17H30N2/c1-8-17(4,19(6)7)16(18-5)12-15-10-9-13(2)14(3)11-15/h9-11,16,18H,8,12H2,1-7H3. The second-order valence-corrected chi connectivity index (χ2v) is 6.07. The molecule has 0 aliphatic carbocycles. The van der Waals surface area contributed by atoms with Gasteiger partial charge in [0, 0.05) is 11.6 Å². The predicted octanol–water partition coefficient (Wildman–Crippen LogP) is 3.16. The van der Waals surface area contributed by atoms with Crippen LogP contribution in [0.2, 0.25) is 0 Å². The summed E-state index contributed by atoms with van der Waals surface area (Å²) in [5, 5.41) is 3.52. The van der Waals surface area contributed by atoms with E-state index >= 15 is 0 Å². The molecule has 2 unspecified atom stereocenters. The quantitative estimate of drug-likeness (QED) is 0.847. The first-order chi connectivity index (χ1) is 8.85. The highest BCUT2D eigenvalue weighted by Crippen LogP contribution is 2.24. The molecule has 0 bridgehead atoms.